The van der Waals surface area contributed by atoms with Crippen molar-refractivity contribution in [1.29, 1.82) is 0 Å². The van der Waals surface area contributed by atoms with E-state index in [9.17, 15) is 0 Å². The van der Waals surface area contributed by atoms with Crippen LogP contribution in [0.5, 0.6) is 0 Å². The molecule has 0 atom stereocenters. The number of nitrogens with two attached hydrogens (primary N) is 1. The molecule has 2 rings (SSSR count). The second-order valence-corrected chi connectivity index (χ2v) is 5.20. The zero-order chi connectivity index (χ0) is 13.3. The molecule has 0 aliphatic heterocycles. The van der Waals surface area contributed by atoms with Crippen LogP contribution in [0, 0.1) is 0 Å². The Morgan fingerprint density at radius 2 is 2.00 bits per heavy atom. The van der Waals surface area contributed by atoms with Crippen LogP contribution in [0.25, 0.3) is 11.5 Å². The summed E-state index contributed by atoms with van der Waals surface area (Å²) in [6, 6.07) is 3.74. The summed E-state index contributed by atoms with van der Waals surface area (Å²) in [5.41, 5.74) is 4.30. The number of aryl methyl sites for hydroxylation is 1. The van der Waals surface area contributed by atoms with Gasteiger partial charge in [-0.2, -0.15) is 5.10 Å². The molecular weight excluding hydrogens is 228 g/mol. The van der Waals surface area contributed by atoms with Crippen molar-refractivity contribution in [3.8, 4) is 11.5 Å². The van der Waals surface area contributed by atoms with E-state index in [1.165, 1.54) is 0 Å². The first-order valence-electron chi connectivity index (χ1n) is 5.76. The minimum atomic E-state index is -0.0676. The number of hydrazine groups is 1. The molecule has 0 saturated carbocycles. The molecule has 6 nitrogen and oxygen atoms in total. The number of anilines is 1. The maximum Gasteiger partial charge on any atom is 0.180 e. The fourth-order valence-corrected chi connectivity index (χ4v) is 1.61. The van der Waals surface area contributed by atoms with E-state index in [2.05, 4.69) is 41.3 Å². The number of aromatic nitrogens is 4. The van der Waals surface area contributed by atoms with E-state index in [0.29, 0.717) is 11.6 Å². The highest BCUT2D eigenvalue weighted by atomic mass is 15.3. The van der Waals surface area contributed by atoms with E-state index in [1.807, 2.05) is 19.2 Å². The number of nitrogens with one attached hydrogen (secondary N) is 1. The Bertz CT molecular complexity index is 552. The second-order valence-electron chi connectivity index (χ2n) is 5.20. The first kappa shape index (κ1) is 12.5. The summed E-state index contributed by atoms with van der Waals surface area (Å²) in [5, 5.41) is 4.13. The molecule has 0 amide bonds. The Hall–Kier alpha value is -1.95. The van der Waals surface area contributed by atoms with Crippen molar-refractivity contribution in [3.05, 3.63) is 24.0 Å². The van der Waals surface area contributed by atoms with Crippen LogP contribution >= 0.6 is 0 Å². The minimum Gasteiger partial charge on any atom is -0.308 e. The van der Waals surface area contributed by atoms with Gasteiger partial charge in [-0.3, -0.25) is 4.68 Å². The zero-order valence-corrected chi connectivity index (χ0v) is 11.1. The molecule has 0 radical (unpaired) electrons. The molecular formula is C12H18N6. The van der Waals surface area contributed by atoms with Gasteiger partial charge in [-0.1, -0.05) is 20.8 Å². The molecule has 3 N–H and O–H groups in total. The van der Waals surface area contributed by atoms with Crippen molar-refractivity contribution >= 4 is 5.82 Å². The molecule has 0 unspecified atom stereocenters. The number of nitrogens with zero attached hydrogens (tertiary/aromatic N) is 4. The third-order valence-electron chi connectivity index (χ3n) is 2.69. The fraction of sp³-hybridized carbons (Fsp3) is 0.417. The molecule has 2 aromatic rings. The number of hydrogen-bond acceptors (Lipinski definition) is 5. The number of rotatable bonds is 2. The largest absolute Gasteiger partial charge is 0.308 e. The van der Waals surface area contributed by atoms with Crippen LogP contribution in [0.4, 0.5) is 5.82 Å². The third-order valence-corrected chi connectivity index (χ3v) is 2.69. The minimum absolute atomic E-state index is 0.0676. The van der Waals surface area contributed by atoms with Crippen molar-refractivity contribution in [3.63, 3.8) is 0 Å². The SMILES string of the molecule is Cn1nccc1-c1nc(NN)cc(C(C)(C)C)n1. The van der Waals surface area contributed by atoms with E-state index in [-0.39, 0.29) is 5.41 Å². The first-order valence-corrected chi connectivity index (χ1v) is 5.76. The summed E-state index contributed by atoms with van der Waals surface area (Å²) in [7, 11) is 1.86. The molecule has 2 heterocycles. The molecule has 96 valence electrons. The van der Waals surface area contributed by atoms with Crippen molar-refractivity contribution in [2.24, 2.45) is 12.9 Å². The highest BCUT2D eigenvalue weighted by molar-refractivity contribution is 5.53. The third kappa shape index (κ3) is 2.33. The predicted octanol–water partition coefficient (Wildman–Crippen LogP) is 1.46. The van der Waals surface area contributed by atoms with Gasteiger partial charge >= 0.3 is 0 Å². The molecule has 0 saturated heterocycles. The van der Waals surface area contributed by atoms with E-state index in [1.54, 1.807) is 10.9 Å². The van der Waals surface area contributed by atoms with Gasteiger partial charge in [-0.05, 0) is 6.07 Å². The fourth-order valence-electron chi connectivity index (χ4n) is 1.61. The maximum atomic E-state index is 5.46. The molecule has 0 bridgehead atoms. The highest BCUT2D eigenvalue weighted by Crippen LogP contribution is 2.25. The molecule has 18 heavy (non-hydrogen) atoms. The Balaban J connectivity index is 2.58. The zero-order valence-electron chi connectivity index (χ0n) is 11.1. The second kappa shape index (κ2) is 4.38. The van der Waals surface area contributed by atoms with Gasteiger partial charge < -0.3 is 5.43 Å². The van der Waals surface area contributed by atoms with Crippen LogP contribution in [-0.2, 0) is 12.5 Å². The Morgan fingerprint density at radius 1 is 1.28 bits per heavy atom. The van der Waals surface area contributed by atoms with Crippen LogP contribution in [0.2, 0.25) is 0 Å². The van der Waals surface area contributed by atoms with E-state index >= 15 is 0 Å². The van der Waals surface area contributed by atoms with Crippen LogP contribution in [-0.4, -0.2) is 19.7 Å². The van der Waals surface area contributed by atoms with Crippen LogP contribution in [0.3, 0.4) is 0 Å². The van der Waals surface area contributed by atoms with Gasteiger partial charge in [0.2, 0.25) is 0 Å². The first-order chi connectivity index (χ1) is 8.41. The van der Waals surface area contributed by atoms with Crippen molar-refractivity contribution in [2.75, 3.05) is 5.43 Å². The highest BCUT2D eigenvalue weighted by Gasteiger charge is 2.19. The summed E-state index contributed by atoms with van der Waals surface area (Å²) in [5.74, 6) is 6.68. The lowest BCUT2D eigenvalue weighted by molar-refractivity contribution is 0.567. The molecule has 0 aliphatic carbocycles. The average molecular weight is 246 g/mol. The molecule has 6 heteroatoms. The van der Waals surface area contributed by atoms with Gasteiger partial charge in [0.1, 0.15) is 11.5 Å². The Labute approximate surface area is 106 Å². The van der Waals surface area contributed by atoms with Gasteiger partial charge in [-0.25, -0.2) is 15.8 Å². The van der Waals surface area contributed by atoms with Crippen molar-refractivity contribution in [1.82, 2.24) is 19.7 Å². The Morgan fingerprint density at radius 3 is 2.50 bits per heavy atom. The van der Waals surface area contributed by atoms with Crippen molar-refractivity contribution in [2.45, 2.75) is 26.2 Å². The van der Waals surface area contributed by atoms with Crippen LogP contribution in [0.1, 0.15) is 26.5 Å². The maximum absolute atomic E-state index is 5.46. The molecule has 2 aromatic heterocycles. The lowest BCUT2D eigenvalue weighted by Gasteiger charge is -2.19. The van der Waals surface area contributed by atoms with Gasteiger partial charge in [0.25, 0.3) is 0 Å². The Kier molecular flexibility index (Phi) is 3.04. The van der Waals surface area contributed by atoms with Gasteiger partial charge in [-0.15, -0.1) is 0 Å². The summed E-state index contributed by atoms with van der Waals surface area (Å²) < 4.78 is 1.74. The molecule has 0 aromatic carbocycles. The molecule has 0 fully saturated rings. The predicted molar refractivity (Wildman–Crippen MR) is 70.7 cm³/mol. The van der Waals surface area contributed by atoms with Gasteiger partial charge in [0.05, 0.1) is 5.69 Å². The van der Waals surface area contributed by atoms with Gasteiger partial charge in [0, 0.05) is 24.7 Å². The number of hydrogen-bond donors (Lipinski definition) is 2. The summed E-state index contributed by atoms with van der Waals surface area (Å²) in [4.78, 5) is 8.95. The monoisotopic (exact) mass is 246 g/mol. The summed E-state index contributed by atoms with van der Waals surface area (Å²) in [6.45, 7) is 6.30. The van der Waals surface area contributed by atoms with Crippen LogP contribution in [0.15, 0.2) is 18.3 Å². The summed E-state index contributed by atoms with van der Waals surface area (Å²) in [6.07, 6.45) is 1.72. The van der Waals surface area contributed by atoms with Crippen LogP contribution < -0.4 is 11.3 Å². The quantitative estimate of drug-likeness (QED) is 0.619. The lowest BCUT2D eigenvalue weighted by Crippen LogP contribution is -2.17. The van der Waals surface area contributed by atoms with E-state index in [4.69, 9.17) is 5.84 Å². The number of nitrogen functional groups attached to an aromatic ring is 1. The van der Waals surface area contributed by atoms with E-state index < -0.39 is 0 Å². The summed E-state index contributed by atoms with van der Waals surface area (Å²) >= 11 is 0. The molecule has 0 aliphatic rings. The standard InChI is InChI=1S/C12H18N6/c1-12(2,3)9-7-10(17-13)16-11(15-9)8-5-6-14-18(8)4/h5-7H,13H2,1-4H3,(H,15,16,17). The van der Waals surface area contributed by atoms with Gasteiger partial charge in [0.15, 0.2) is 5.82 Å². The average Bonchev–Trinajstić information content (AvgIpc) is 2.73. The molecule has 0 spiro atoms. The lowest BCUT2D eigenvalue weighted by atomic mass is 9.92. The normalized spacial score (nSPS) is 11.6. The smallest absolute Gasteiger partial charge is 0.180 e. The van der Waals surface area contributed by atoms with E-state index in [0.717, 1.165) is 11.4 Å². The van der Waals surface area contributed by atoms with Crippen molar-refractivity contribution < 1.29 is 0 Å². The topological polar surface area (TPSA) is 81.7 Å².